The number of benzene rings is 1. The molecule has 0 saturated heterocycles. The third-order valence-electron chi connectivity index (χ3n) is 2.65. The van der Waals surface area contributed by atoms with E-state index in [0.717, 1.165) is 12.1 Å². The normalized spacial score (nSPS) is 11.3. The predicted molar refractivity (Wildman–Crippen MR) is 69.6 cm³/mol. The van der Waals surface area contributed by atoms with E-state index in [4.69, 9.17) is 5.73 Å². The fourth-order valence-electron chi connectivity index (χ4n) is 1.66. The van der Waals surface area contributed by atoms with Crippen molar-refractivity contribution in [1.82, 2.24) is 9.78 Å². The quantitative estimate of drug-likeness (QED) is 0.850. The fraction of sp³-hybridized carbons (Fsp3) is 0.250. The van der Waals surface area contributed by atoms with Crippen LogP contribution in [0.3, 0.4) is 0 Å². The number of nitrogen functional groups attached to an aromatic ring is 1. The highest BCUT2D eigenvalue weighted by molar-refractivity contribution is 9.10. The molecule has 0 aliphatic rings. The first-order valence-corrected chi connectivity index (χ1v) is 6.31. The van der Waals surface area contributed by atoms with E-state index in [0.29, 0.717) is 10.2 Å². The van der Waals surface area contributed by atoms with Gasteiger partial charge in [0.05, 0.1) is 15.9 Å². The van der Waals surface area contributed by atoms with Crippen LogP contribution in [-0.4, -0.2) is 9.78 Å². The number of aromatic nitrogens is 2. The lowest BCUT2D eigenvalue weighted by Gasteiger charge is -2.05. The zero-order chi connectivity index (χ0) is 14.3. The zero-order valence-corrected chi connectivity index (χ0v) is 11.8. The molecule has 0 unspecified atom stereocenters. The molecule has 19 heavy (non-hydrogen) atoms. The minimum absolute atomic E-state index is 0.0292. The molecule has 0 amide bonds. The van der Waals surface area contributed by atoms with Crippen LogP contribution >= 0.6 is 15.9 Å². The molecule has 0 spiro atoms. The molecule has 2 rings (SSSR count). The van der Waals surface area contributed by atoms with Gasteiger partial charge in [0.15, 0.2) is 17.5 Å². The van der Waals surface area contributed by atoms with Crippen LogP contribution in [0.25, 0.3) is 5.69 Å². The second kappa shape index (κ2) is 4.88. The standard InChI is InChI=1S/C12H11BrF3N3/c1-5(2)11-9(13)12(17)19(18-11)6-3-7(14)10(16)8(15)4-6/h3-5H,17H2,1-2H3. The smallest absolute Gasteiger partial charge is 0.194 e. The van der Waals surface area contributed by atoms with Gasteiger partial charge in [-0.2, -0.15) is 5.10 Å². The molecule has 1 aromatic heterocycles. The summed E-state index contributed by atoms with van der Waals surface area (Å²) in [5.41, 5.74) is 6.51. The second-order valence-corrected chi connectivity index (χ2v) is 5.17. The Morgan fingerprint density at radius 2 is 1.74 bits per heavy atom. The summed E-state index contributed by atoms with van der Waals surface area (Å²) in [6, 6.07) is 1.69. The summed E-state index contributed by atoms with van der Waals surface area (Å²) >= 11 is 3.28. The molecule has 0 aliphatic heterocycles. The summed E-state index contributed by atoms with van der Waals surface area (Å²) in [5, 5.41) is 4.18. The number of halogens is 4. The van der Waals surface area contributed by atoms with Crippen molar-refractivity contribution in [3.8, 4) is 5.69 Å². The zero-order valence-electron chi connectivity index (χ0n) is 10.2. The van der Waals surface area contributed by atoms with Gasteiger partial charge in [0.1, 0.15) is 5.82 Å². The van der Waals surface area contributed by atoms with Gasteiger partial charge < -0.3 is 5.73 Å². The van der Waals surface area contributed by atoms with Gasteiger partial charge in [0.25, 0.3) is 0 Å². The predicted octanol–water partition coefficient (Wildman–Crippen LogP) is 3.76. The second-order valence-electron chi connectivity index (χ2n) is 4.37. The van der Waals surface area contributed by atoms with Crippen LogP contribution < -0.4 is 5.73 Å². The molecule has 0 aliphatic carbocycles. The summed E-state index contributed by atoms with van der Waals surface area (Å²) < 4.78 is 41.1. The molecule has 0 fully saturated rings. The van der Waals surface area contributed by atoms with Gasteiger partial charge in [0, 0.05) is 12.1 Å². The number of hydrogen-bond acceptors (Lipinski definition) is 2. The van der Waals surface area contributed by atoms with E-state index in [1.807, 2.05) is 13.8 Å². The monoisotopic (exact) mass is 333 g/mol. The SMILES string of the molecule is CC(C)c1nn(-c2cc(F)c(F)c(F)c2)c(N)c1Br. The number of anilines is 1. The first-order chi connectivity index (χ1) is 8.82. The largest absolute Gasteiger partial charge is 0.383 e. The van der Waals surface area contributed by atoms with E-state index in [-0.39, 0.29) is 17.4 Å². The molecule has 0 saturated carbocycles. The van der Waals surface area contributed by atoms with Crippen molar-refractivity contribution in [2.75, 3.05) is 5.73 Å². The van der Waals surface area contributed by atoms with Crippen molar-refractivity contribution < 1.29 is 13.2 Å². The molecular formula is C12H11BrF3N3. The summed E-state index contributed by atoms with van der Waals surface area (Å²) in [6.45, 7) is 3.81. The van der Waals surface area contributed by atoms with Crippen molar-refractivity contribution in [3.63, 3.8) is 0 Å². The molecule has 1 heterocycles. The first-order valence-electron chi connectivity index (χ1n) is 5.51. The van der Waals surface area contributed by atoms with Crippen molar-refractivity contribution in [2.24, 2.45) is 0 Å². The van der Waals surface area contributed by atoms with E-state index in [9.17, 15) is 13.2 Å². The van der Waals surface area contributed by atoms with Crippen molar-refractivity contribution >= 4 is 21.7 Å². The van der Waals surface area contributed by atoms with E-state index >= 15 is 0 Å². The summed E-state index contributed by atoms with van der Waals surface area (Å²) in [7, 11) is 0. The highest BCUT2D eigenvalue weighted by atomic mass is 79.9. The Morgan fingerprint density at radius 1 is 1.21 bits per heavy atom. The lowest BCUT2D eigenvalue weighted by atomic mass is 10.1. The van der Waals surface area contributed by atoms with Gasteiger partial charge >= 0.3 is 0 Å². The lowest BCUT2D eigenvalue weighted by molar-refractivity contribution is 0.446. The topological polar surface area (TPSA) is 43.8 Å². The molecule has 1 aromatic carbocycles. The van der Waals surface area contributed by atoms with Crippen molar-refractivity contribution in [1.29, 1.82) is 0 Å². The summed E-state index contributed by atoms with van der Waals surface area (Å²) in [4.78, 5) is 0. The van der Waals surface area contributed by atoms with Crippen LogP contribution in [0.4, 0.5) is 19.0 Å². The maximum Gasteiger partial charge on any atom is 0.194 e. The Balaban J connectivity index is 2.63. The molecule has 0 radical (unpaired) electrons. The van der Waals surface area contributed by atoms with Crippen LogP contribution in [0, 0.1) is 17.5 Å². The minimum Gasteiger partial charge on any atom is -0.383 e. The van der Waals surface area contributed by atoms with Crippen LogP contribution in [0.5, 0.6) is 0 Å². The minimum atomic E-state index is -1.52. The van der Waals surface area contributed by atoms with Crippen LogP contribution in [-0.2, 0) is 0 Å². The van der Waals surface area contributed by atoms with Gasteiger partial charge in [-0.15, -0.1) is 0 Å². The van der Waals surface area contributed by atoms with Gasteiger partial charge in [0.2, 0.25) is 0 Å². The third-order valence-corrected chi connectivity index (χ3v) is 3.46. The fourth-order valence-corrected chi connectivity index (χ4v) is 2.36. The molecule has 2 aromatic rings. The van der Waals surface area contributed by atoms with Gasteiger partial charge in [-0.1, -0.05) is 13.8 Å². The first kappa shape index (κ1) is 13.9. The Kier molecular flexibility index (Phi) is 3.58. The lowest BCUT2D eigenvalue weighted by Crippen LogP contribution is -2.05. The number of nitrogens with two attached hydrogens (primary N) is 1. The van der Waals surface area contributed by atoms with E-state index < -0.39 is 17.5 Å². The average molecular weight is 334 g/mol. The van der Waals surface area contributed by atoms with Gasteiger partial charge in [-0.3, -0.25) is 0 Å². The number of hydrogen-bond donors (Lipinski definition) is 1. The van der Waals surface area contributed by atoms with Gasteiger partial charge in [-0.25, -0.2) is 17.9 Å². The molecule has 0 bridgehead atoms. The maximum atomic E-state index is 13.2. The Morgan fingerprint density at radius 3 is 2.16 bits per heavy atom. The average Bonchev–Trinajstić information content (AvgIpc) is 2.63. The van der Waals surface area contributed by atoms with Crippen LogP contribution in [0.2, 0.25) is 0 Å². The van der Waals surface area contributed by atoms with Crippen molar-refractivity contribution in [3.05, 3.63) is 39.8 Å². The van der Waals surface area contributed by atoms with Gasteiger partial charge in [-0.05, 0) is 21.8 Å². The molecular weight excluding hydrogens is 323 g/mol. The molecule has 3 nitrogen and oxygen atoms in total. The number of rotatable bonds is 2. The van der Waals surface area contributed by atoms with E-state index in [1.165, 1.54) is 4.68 Å². The molecule has 0 atom stereocenters. The van der Waals surface area contributed by atoms with Crippen LogP contribution in [0.15, 0.2) is 16.6 Å². The summed E-state index contributed by atoms with van der Waals surface area (Å²) in [6.07, 6.45) is 0. The third kappa shape index (κ3) is 2.34. The Hall–Kier alpha value is -1.50. The molecule has 7 heteroatoms. The molecule has 2 N–H and O–H groups in total. The maximum absolute atomic E-state index is 13.2. The Labute approximate surface area is 116 Å². The van der Waals surface area contributed by atoms with Crippen LogP contribution in [0.1, 0.15) is 25.5 Å². The van der Waals surface area contributed by atoms with E-state index in [2.05, 4.69) is 21.0 Å². The summed E-state index contributed by atoms with van der Waals surface area (Å²) in [5.74, 6) is -3.81. The number of nitrogens with zero attached hydrogens (tertiary/aromatic N) is 2. The van der Waals surface area contributed by atoms with E-state index in [1.54, 1.807) is 0 Å². The highest BCUT2D eigenvalue weighted by Gasteiger charge is 2.19. The highest BCUT2D eigenvalue weighted by Crippen LogP contribution is 2.31. The van der Waals surface area contributed by atoms with Crippen molar-refractivity contribution in [2.45, 2.75) is 19.8 Å². The Bertz CT molecular complexity index is 614. The molecule has 102 valence electrons.